The van der Waals surface area contributed by atoms with Gasteiger partial charge >= 0.3 is 0 Å². The fourth-order valence-electron chi connectivity index (χ4n) is 4.02. The molecular weight excluding hydrogens is 434 g/mol. The van der Waals surface area contributed by atoms with Crippen molar-refractivity contribution in [2.45, 2.75) is 6.04 Å². The first kappa shape index (κ1) is 23.3. The Hall–Kier alpha value is -2.86. The normalized spacial score (nSPS) is 15.7. The summed E-state index contributed by atoms with van der Waals surface area (Å²) in [5.41, 5.74) is 3.18. The lowest BCUT2D eigenvalue weighted by Gasteiger charge is -2.35. The number of nitrogens with zero attached hydrogens (tertiary/aromatic N) is 2. The van der Waals surface area contributed by atoms with Gasteiger partial charge in [-0.25, -0.2) is 0 Å². The molecule has 1 atom stereocenters. The van der Waals surface area contributed by atoms with Crippen LogP contribution in [-0.4, -0.2) is 62.1 Å². The van der Waals surface area contributed by atoms with Gasteiger partial charge in [-0.05, 0) is 35.9 Å². The van der Waals surface area contributed by atoms with E-state index in [9.17, 15) is 4.79 Å². The molecule has 1 unspecified atom stereocenters. The van der Waals surface area contributed by atoms with E-state index in [1.54, 1.807) is 0 Å². The van der Waals surface area contributed by atoms with E-state index in [1.165, 1.54) is 0 Å². The van der Waals surface area contributed by atoms with Crippen molar-refractivity contribution in [1.82, 2.24) is 15.1 Å². The zero-order chi connectivity index (χ0) is 23.0. The van der Waals surface area contributed by atoms with Crippen molar-refractivity contribution >= 4 is 17.5 Å². The molecule has 0 spiro atoms. The smallest absolute Gasteiger partial charge is 0.258 e. The molecule has 0 aromatic heterocycles. The Morgan fingerprint density at radius 2 is 1.61 bits per heavy atom. The maximum absolute atomic E-state index is 12.8. The van der Waals surface area contributed by atoms with Gasteiger partial charge in [-0.15, -0.1) is 0 Å². The predicted molar refractivity (Wildman–Crippen MR) is 134 cm³/mol. The molecule has 1 saturated heterocycles. The Bertz CT molecular complexity index is 1040. The van der Waals surface area contributed by atoms with Crippen LogP contribution in [0.15, 0.2) is 78.9 Å². The van der Waals surface area contributed by atoms with Gasteiger partial charge < -0.3 is 15.0 Å². The molecule has 0 saturated carbocycles. The Kier molecular flexibility index (Phi) is 8.00. The number of carbonyl (C=O) groups is 1. The molecule has 0 aliphatic carbocycles. The molecule has 3 aromatic rings. The summed E-state index contributed by atoms with van der Waals surface area (Å²) >= 11 is 6.44. The lowest BCUT2D eigenvalue weighted by atomic mass is 10.1. The highest BCUT2D eigenvalue weighted by atomic mass is 35.5. The van der Waals surface area contributed by atoms with Crippen LogP contribution < -0.4 is 10.1 Å². The molecule has 1 heterocycles. The van der Waals surface area contributed by atoms with E-state index < -0.39 is 0 Å². The number of benzene rings is 3. The number of nitrogens with one attached hydrogen (secondary N) is 1. The third-order valence-electron chi connectivity index (χ3n) is 5.97. The van der Waals surface area contributed by atoms with Crippen LogP contribution in [0.25, 0.3) is 11.1 Å². The quantitative estimate of drug-likeness (QED) is 0.534. The van der Waals surface area contributed by atoms with Gasteiger partial charge in [0.05, 0.1) is 11.1 Å². The fourth-order valence-corrected chi connectivity index (χ4v) is 4.25. The topological polar surface area (TPSA) is 44.8 Å². The lowest BCUT2D eigenvalue weighted by molar-refractivity contribution is -0.124. The van der Waals surface area contributed by atoms with Crippen molar-refractivity contribution in [2.75, 3.05) is 46.4 Å². The minimum absolute atomic E-state index is 0.0868. The predicted octanol–water partition coefficient (Wildman–Crippen LogP) is 4.49. The highest BCUT2D eigenvalue weighted by Gasteiger charge is 2.21. The van der Waals surface area contributed by atoms with Crippen molar-refractivity contribution in [3.63, 3.8) is 0 Å². The molecule has 1 amide bonds. The van der Waals surface area contributed by atoms with Gasteiger partial charge in [0.2, 0.25) is 0 Å². The van der Waals surface area contributed by atoms with Gasteiger partial charge in [-0.3, -0.25) is 9.69 Å². The summed E-state index contributed by atoms with van der Waals surface area (Å²) < 4.78 is 5.77. The highest BCUT2D eigenvalue weighted by molar-refractivity contribution is 6.32. The van der Waals surface area contributed by atoms with Crippen LogP contribution in [0.1, 0.15) is 11.6 Å². The van der Waals surface area contributed by atoms with Crippen molar-refractivity contribution in [3.05, 3.63) is 89.4 Å². The van der Waals surface area contributed by atoms with Crippen LogP contribution in [0.2, 0.25) is 5.02 Å². The maximum Gasteiger partial charge on any atom is 0.258 e. The van der Waals surface area contributed by atoms with Crippen molar-refractivity contribution < 1.29 is 9.53 Å². The first-order valence-corrected chi connectivity index (χ1v) is 11.7. The molecule has 1 aliphatic rings. The zero-order valence-electron chi connectivity index (χ0n) is 18.9. The molecule has 1 fully saturated rings. The number of likely N-dealkylation sites (N-methyl/N-ethyl adjacent to an activating group) is 1. The van der Waals surface area contributed by atoms with Crippen LogP contribution in [0.4, 0.5) is 0 Å². The summed E-state index contributed by atoms with van der Waals surface area (Å²) in [6.07, 6.45) is 0. The highest BCUT2D eigenvalue weighted by Crippen LogP contribution is 2.30. The van der Waals surface area contributed by atoms with Gasteiger partial charge in [-0.1, -0.05) is 78.3 Å². The van der Waals surface area contributed by atoms with Crippen LogP contribution in [0, 0.1) is 0 Å². The number of rotatable bonds is 8. The Morgan fingerprint density at radius 1 is 0.939 bits per heavy atom. The second-order valence-electron chi connectivity index (χ2n) is 8.43. The monoisotopic (exact) mass is 463 g/mol. The average molecular weight is 464 g/mol. The van der Waals surface area contributed by atoms with Crippen molar-refractivity contribution in [2.24, 2.45) is 0 Å². The van der Waals surface area contributed by atoms with Crippen LogP contribution in [-0.2, 0) is 4.79 Å². The number of carbonyl (C=O) groups excluding carboxylic acids is 1. The summed E-state index contributed by atoms with van der Waals surface area (Å²) in [5, 5.41) is 3.64. The minimum atomic E-state index is -0.166. The number of halogens is 1. The third kappa shape index (κ3) is 6.57. The van der Waals surface area contributed by atoms with Crippen molar-refractivity contribution in [3.8, 4) is 16.9 Å². The van der Waals surface area contributed by atoms with E-state index in [1.807, 2.05) is 66.7 Å². The molecule has 6 heteroatoms. The summed E-state index contributed by atoms with van der Waals surface area (Å²) in [6, 6.07) is 25.7. The van der Waals surface area contributed by atoms with Gasteiger partial charge in [-0.2, -0.15) is 0 Å². The molecular formula is C27H30ClN3O2. The molecule has 33 heavy (non-hydrogen) atoms. The van der Waals surface area contributed by atoms with E-state index in [0.29, 0.717) is 10.8 Å². The molecule has 4 rings (SSSR count). The zero-order valence-corrected chi connectivity index (χ0v) is 19.7. The fraction of sp³-hybridized carbons (Fsp3) is 0.296. The Balaban J connectivity index is 1.37. The molecule has 172 valence electrons. The van der Waals surface area contributed by atoms with E-state index in [2.05, 4.69) is 34.3 Å². The SMILES string of the molecule is CN1CCN(CC(NC(=O)COc2ccc(-c3ccccc3)cc2Cl)c2ccccc2)CC1. The van der Waals surface area contributed by atoms with Crippen LogP contribution in [0.5, 0.6) is 5.75 Å². The van der Waals surface area contributed by atoms with E-state index in [-0.39, 0.29) is 18.6 Å². The van der Waals surface area contributed by atoms with Crippen LogP contribution in [0.3, 0.4) is 0 Å². The van der Waals surface area contributed by atoms with Gasteiger partial charge in [0.15, 0.2) is 6.61 Å². The number of ether oxygens (including phenoxy) is 1. The maximum atomic E-state index is 12.8. The number of hydrogen-bond acceptors (Lipinski definition) is 4. The molecule has 5 nitrogen and oxygen atoms in total. The van der Waals surface area contributed by atoms with E-state index >= 15 is 0 Å². The van der Waals surface area contributed by atoms with Crippen molar-refractivity contribution in [1.29, 1.82) is 0 Å². The summed E-state index contributed by atoms with van der Waals surface area (Å²) in [4.78, 5) is 17.5. The number of amides is 1. The molecule has 1 N–H and O–H groups in total. The number of hydrogen-bond donors (Lipinski definition) is 1. The third-order valence-corrected chi connectivity index (χ3v) is 6.27. The largest absolute Gasteiger partial charge is 0.482 e. The molecule has 0 bridgehead atoms. The second kappa shape index (κ2) is 11.3. The van der Waals surface area contributed by atoms with E-state index in [4.69, 9.17) is 16.3 Å². The number of piperazine rings is 1. The summed E-state index contributed by atoms with van der Waals surface area (Å²) in [6.45, 7) is 4.75. The van der Waals surface area contributed by atoms with Gasteiger partial charge in [0, 0.05) is 32.7 Å². The Labute approximate surface area is 200 Å². The minimum Gasteiger partial charge on any atom is -0.482 e. The van der Waals surface area contributed by atoms with E-state index in [0.717, 1.165) is 49.4 Å². The van der Waals surface area contributed by atoms with Crippen LogP contribution >= 0.6 is 11.6 Å². The van der Waals surface area contributed by atoms with Gasteiger partial charge in [0.25, 0.3) is 5.91 Å². The summed E-state index contributed by atoms with van der Waals surface area (Å²) in [5.74, 6) is 0.336. The Morgan fingerprint density at radius 3 is 2.27 bits per heavy atom. The van der Waals surface area contributed by atoms with Gasteiger partial charge in [0.1, 0.15) is 5.75 Å². The standard InChI is InChI=1S/C27H30ClN3O2/c1-30-14-16-31(17-15-30)19-25(22-10-6-3-7-11-22)29-27(32)20-33-26-13-12-23(18-24(26)28)21-8-4-2-5-9-21/h2-13,18,25H,14-17,19-20H2,1H3,(H,29,32). The second-order valence-corrected chi connectivity index (χ2v) is 8.84. The molecule has 1 aliphatic heterocycles. The average Bonchev–Trinajstić information content (AvgIpc) is 2.85. The molecule has 3 aromatic carbocycles. The first-order chi connectivity index (χ1) is 16.1. The summed E-state index contributed by atoms with van der Waals surface area (Å²) in [7, 11) is 2.14. The first-order valence-electron chi connectivity index (χ1n) is 11.3. The molecule has 0 radical (unpaired) electrons. The lowest BCUT2D eigenvalue weighted by Crippen LogP contribution is -2.48.